The molecule has 0 radical (unpaired) electrons. The van der Waals surface area contributed by atoms with E-state index in [0.717, 1.165) is 30.7 Å². The Morgan fingerprint density at radius 2 is 2.03 bits per heavy atom. The summed E-state index contributed by atoms with van der Waals surface area (Å²) in [6.45, 7) is 3.28. The summed E-state index contributed by atoms with van der Waals surface area (Å²) in [6.07, 6.45) is 2.11. The maximum absolute atomic E-state index is 14.4. The molecule has 3 aromatic rings. The Hall–Kier alpha value is -2.71. The van der Waals surface area contributed by atoms with Crippen molar-refractivity contribution in [3.63, 3.8) is 0 Å². The average Bonchev–Trinajstić information content (AvgIpc) is 3.42. The van der Waals surface area contributed by atoms with Crippen LogP contribution in [0.25, 0.3) is 17.1 Å². The molecule has 1 saturated heterocycles. The first-order valence-corrected chi connectivity index (χ1v) is 10.9. The molecule has 1 N–H and O–H groups in total. The van der Waals surface area contributed by atoms with Crippen LogP contribution in [-0.2, 0) is 9.53 Å². The van der Waals surface area contributed by atoms with Crippen molar-refractivity contribution in [1.29, 1.82) is 0 Å². The van der Waals surface area contributed by atoms with Gasteiger partial charge in [0.1, 0.15) is 5.82 Å². The van der Waals surface area contributed by atoms with E-state index in [0.29, 0.717) is 23.1 Å². The summed E-state index contributed by atoms with van der Waals surface area (Å²) >= 11 is 1.27. The van der Waals surface area contributed by atoms with Gasteiger partial charge in [0.05, 0.1) is 17.4 Å². The van der Waals surface area contributed by atoms with Crippen LogP contribution in [0.5, 0.6) is 0 Å². The van der Waals surface area contributed by atoms with Gasteiger partial charge in [0.25, 0.3) is 0 Å². The molecule has 8 heteroatoms. The Kier molecular flexibility index (Phi) is 6.44. The first-order chi connectivity index (χ1) is 14.6. The third kappa shape index (κ3) is 4.71. The van der Waals surface area contributed by atoms with E-state index in [1.165, 1.54) is 17.8 Å². The summed E-state index contributed by atoms with van der Waals surface area (Å²) in [5, 5.41) is 11.9. The molecule has 0 spiro atoms. The van der Waals surface area contributed by atoms with Crippen LogP contribution in [0.4, 0.5) is 4.39 Å². The van der Waals surface area contributed by atoms with E-state index in [-0.39, 0.29) is 23.6 Å². The molecule has 1 aliphatic rings. The van der Waals surface area contributed by atoms with Crippen molar-refractivity contribution in [2.45, 2.75) is 31.0 Å². The first kappa shape index (κ1) is 20.6. The lowest BCUT2D eigenvalue weighted by Gasteiger charge is -2.12. The number of nitrogens with zero attached hydrogens (tertiary/aromatic N) is 3. The van der Waals surface area contributed by atoms with Gasteiger partial charge < -0.3 is 10.1 Å². The van der Waals surface area contributed by atoms with Gasteiger partial charge in [-0.2, -0.15) is 0 Å². The molecule has 1 aromatic heterocycles. The third-order valence-corrected chi connectivity index (χ3v) is 5.85. The minimum Gasteiger partial charge on any atom is -0.376 e. The van der Waals surface area contributed by atoms with Crippen LogP contribution >= 0.6 is 11.8 Å². The number of aromatic nitrogens is 3. The summed E-state index contributed by atoms with van der Waals surface area (Å²) in [5.74, 6) is 0.123. The molecule has 156 valence electrons. The van der Waals surface area contributed by atoms with Crippen molar-refractivity contribution < 1.29 is 13.9 Å². The third-order valence-electron chi connectivity index (χ3n) is 4.92. The topological polar surface area (TPSA) is 69.0 Å². The molecule has 30 heavy (non-hydrogen) atoms. The van der Waals surface area contributed by atoms with Crippen LogP contribution < -0.4 is 5.32 Å². The molecule has 0 bridgehead atoms. The number of amides is 1. The van der Waals surface area contributed by atoms with Crippen LogP contribution in [0.15, 0.2) is 53.7 Å². The van der Waals surface area contributed by atoms with Gasteiger partial charge in [-0.05, 0) is 44.0 Å². The molecule has 0 saturated carbocycles. The lowest BCUT2D eigenvalue weighted by atomic mass is 10.2. The number of ether oxygens (including phenoxy) is 1. The maximum atomic E-state index is 14.4. The van der Waals surface area contributed by atoms with E-state index >= 15 is 0 Å². The molecule has 4 rings (SSSR count). The number of hydrogen-bond acceptors (Lipinski definition) is 5. The fourth-order valence-corrected chi connectivity index (χ4v) is 4.10. The first-order valence-electron chi connectivity index (χ1n) is 9.90. The summed E-state index contributed by atoms with van der Waals surface area (Å²) in [6, 6.07) is 14.3. The van der Waals surface area contributed by atoms with Crippen molar-refractivity contribution in [3.05, 3.63) is 59.9 Å². The second-order valence-corrected chi connectivity index (χ2v) is 8.13. The number of rotatable bonds is 7. The quantitative estimate of drug-likeness (QED) is 0.583. The second-order valence-electron chi connectivity index (χ2n) is 7.18. The Bertz CT molecular complexity index is 1020. The lowest BCUT2D eigenvalue weighted by Crippen LogP contribution is -2.32. The van der Waals surface area contributed by atoms with Crippen molar-refractivity contribution in [3.8, 4) is 17.1 Å². The highest BCUT2D eigenvalue weighted by Crippen LogP contribution is 2.29. The van der Waals surface area contributed by atoms with Gasteiger partial charge in [-0.1, -0.05) is 41.6 Å². The number of thioether (sulfide) groups is 1. The minimum absolute atomic E-state index is 0.0959. The zero-order valence-electron chi connectivity index (χ0n) is 16.7. The Labute approximate surface area is 178 Å². The van der Waals surface area contributed by atoms with E-state index < -0.39 is 0 Å². The number of hydrogen-bond donors (Lipinski definition) is 1. The monoisotopic (exact) mass is 426 g/mol. The van der Waals surface area contributed by atoms with Crippen molar-refractivity contribution >= 4 is 17.7 Å². The SMILES string of the molecule is Cc1ccc(-n2c(SCC(=O)NCC3CCCO3)nnc2-c2ccccc2F)cc1. The van der Waals surface area contributed by atoms with Gasteiger partial charge >= 0.3 is 0 Å². The normalized spacial score (nSPS) is 16.0. The number of halogens is 1. The van der Waals surface area contributed by atoms with Gasteiger partial charge in [0.2, 0.25) is 5.91 Å². The maximum Gasteiger partial charge on any atom is 0.230 e. The van der Waals surface area contributed by atoms with Gasteiger partial charge in [-0.25, -0.2) is 4.39 Å². The van der Waals surface area contributed by atoms with Gasteiger partial charge in [0, 0.05) is 18.8 Å². The van der Waals surface area contributed by atoms with E-state index in [2.05, 4.69) is 15.5 Å². The predicted molar refractivity (Wildman–Crippen MR) is 114 cm³/mol. The molecule has 1 aliphatic heterocycles. The summed E-state index contributed by atoms with van der Waals surface area (Å²) < 4.78 is 21.8. The Morgan fingerprint density at radius 3 is 2.77 bits per heavy atom. The van der Waals surface area contributed by atoms with Gasteiger partial charge in [-0.3, -0.25) is 9.36 Å². The molecular formula is C22H23FN4O2S. The molecular weight excluding hydrogens is 403 g/mol. The smallest absolute Gasteiger partial charge is 0.230 e. The highest BCUT2D eigenvalue weighted by Gasteiger charge is 2.20. The largest absolute Gasteiger partial charge is 0.376 e. The molecule has 1 unspecified atom stereocenters. The zero-order valence-corrected chi connectivity index (χ0v) is 17.5. The van der Waals surface area contributed by atoms with E-state index in [1.807, 2.05) is 31.2 Å². The highest BCUT2D eigenvalue weighted by molar-refractivity contribution is 7.99. The van der Waals surface area contributed by atoms with Crippen molar-refractivity contribution in [1.82, 2.24) is 20.1 Å². The van der Waals surface area contributed by atoms with Gasteiger partial charge in [-0.15, -0.1) is 10.2 Å². The summed E-state index contributed by atoms with van der Waals surface area (Å²) in [5.41, 5.74) is 2.29. The predicted octanol–water partition coefficient (Wildman–Crippen LogP) is 3.77. The number of benzene rings is 2. The second kappa shape index (κ2) is 9.40. The minimum atomic E-state index is -0.371. The van der Waals surface area contributed by atoms with Gasteiger partial charge in [0.15, 0.2) is 11.0 Å². The van der Waals surface area contributed by atoms with Crippen LogP contribution in [0.3, 0.4) is 0 Å². The fourth-order valence-electron chi connectivity index (χ4n) is 3.32. The Balaban J connectivity index is 1.56. The van der Waals surface area contributed by atoms with E-state index in [9.17, 15) is 9.18 Å². The molecule has 1 fully saturated rings. The van der Waals surface area contributed by atoms with Crippen molar-refractivity contribution in [2.24, 2.45) is 0 Å². The standard InChI is InChI=1S/C22H23FN4O2S/c1-15-8-10-16(11-9-15)27-21(18-6-2-3-7-19(18)23)25-26-22(27)30-14-20(28)24-13-17-5-4-12-29-17/h2-3,6-11,17H,4-5,12-14H2,1H3,(H,24,28). The molecule has 2 heterocycles. The lowest BCUT2D eigenvalue weighted by molar-refractivity contribution is -0.119. The summed E-state index contributed by atoms with van der Waals surface area (Å²) in [7, 11) is 0. The molecule has 1 atom stereocenters. The molecule has 2 aromatic carbocycles. The zero-order chi connectivity index (χ0) is 20.9. The number of carbonyl (C=O) groups is 1. The van der Waals surface area contributed by atoms with Crippen LogP contribution in [0, 0.1) is 12.7 Å². The molecule has 6 nitrogen and oxygen atoms in total. The fraction of sp³-hybridized carbons (Fsp3) is 0.318. The van der Waals surface area contributed by atoms with Crippen molar-refractivity contribution in [2.75, 3.05) is 18.9 Å². The number of aryl methyl sites for hydroxylation is 1. The van der Waals surface area contributed by atoms with Crippen LogP contribution in [-0.4, -0.2) is 45.7 Å². The van der Waals surface area contributed by atoms with Crippen LogP contribution in [0.2, 0.25) is 0 Å². The van der Waals surface area contributed by atoms with E-state index in [4.69, 9.17) is 4.74 Å². The Morgan fingerprint density at radius 1 is 1.23 bits per heavy atom. The molecule has 0 aliphatic carbocycles. The van der Waals surface area contributed by atoms with Crippen LogP contribution in [0.1, 0.15) is 18.4 Å². The number of nitrogens with one attached hydrogen (secondary N) is 1. The molecule has 1 amide bonds. The highest BCUT2D eigenvalue weighted by atomic mass is 32.2. The average molecular weight is 427 g/mol. The number of carbonyl (C=O) groups excluding carboxylic acids is 1. The van der Waals surface area contributed by atoms with E-state index in [1.54, 1.807) is 22.8 Å². The summed E-state index contributed by atoms with van der Waals surface area (Å²) in [4.78, 5) is 12.3.